The Morgan fingerprint density at radius 2 is 0.896 bits per heavy atom. The topological polar surface area (TPSA) is 115 Å². The van der Waals surface area contributed by atoms with Gasteiger partial charge in [-0.05, 0) is 173 Å². The Kier molecular flexibility index (Phi) is 8.44. The van der Waals surface area contributed by atoms with E-state index in [4.69, 9.17) is 0 Å². The summed E-state index contributed by atoms with van der Waals surface area (Å²) in [7, 11) is 0. The van der Waals surface area contributed by atoms with Crippen LogP contribution in [0.5, 0.6) is 0 Å². The Bertz CT molecular complexity index is 1290. The maximum Gasteiger partial charge on any atom is 0.309 e. The predicted octanol–water partition coefficient (Wildman–Crippen LogP) is 9.11. The molecule has 4 N–H and O–H groups in total. The van der Waals surface area contributed by atoms with Crippen LogP contribution < -0.4 is 0 Å². The van der Waals surface area contributed by atoms with E-state index in [-0.39, 0.29) is 33.5 Å². The van der Waals surface area contributed by atoms with Crippen LogP contribution >= 0.6 is 0 Å². The first-order valence-electron chi connectivity index (χ1n) is 19.1. The molecule has 0 aromatic heterocycles. The van der Waals surface area contributed by atoms with E-state index in [1.807, 2.05) is 13.8 Å². The summed E-state index contributed by atoms with van der Waals surface area (Å²) in [5.41, 5.74) is 0.256. The number of fused-ring (bicyclic) bond motifs is 6. The molecule has 2 spiro atoms. The Labute approximate surface area is 289 Å². The fourth-order valence-electron chi connectivity index (χ4n) is 15.2. The summed E-state index contributed by atoms with van der Waals surface area (Å²) >= 11 is 0. The number of hydrogen-bond acceptors (Lipinski definition) is 4. The lowest BCUT2D eigenvalue weighted by Gasteiger charge is -2.63. The van der Waals surface area contributed by atoms with E-state index < -0.39 is 34.0 Å². The van der Waals surface area contributed by atoms with E-state index in [1.165, 1.54) is 0 Å². The predicted molar refractivity (Wildman–Crippen MR) is 189 cm³/mol. The summed E-state index contributed by atoms with van der Waals surface area (Å²) in [6.45, 7) is 23.1. The molecular formula is C42H64O6. The van der Waals surface area contributed by atoms with Crippen molar-refractivity contribution in [2.45, 2.75) is 154 Å². The highest BCUT2D eigenvalue weighted by molar-refractivity contribution is 5.75. The fourth-order valence-corrected chi connectivity index (χ4v) is 15.2. The van der Waals surface area contributed by atoms with E-state index in [0.29, 0.717) is 11.8 Å². The average molecular weight is 665 g/mol. The summed E-state index contributed by atoms with van der Waals surface area (Å²) in [4.78, 5) is 24.1. The number of hydrogen-bond donors (Lipinski definition) is 4. The molecule has 4 bridgehead atoms. The maximum absolute atomic E-state index is 12.0. The van der Waals surface area contributed by atoms with Crippen LogP contribution in [-0.4, -0.2) is 43.6 Å². The molecule has 0 amide bonds. The summed E-state index contributed by atoms with van der Waals surface area (Å²) in [5.74, 6) is 0.438. The van der Waals surface area contributed by atoms with Gasteiger partial charge in [-0.2, -0.15) is 0 Å². The number of carboxylic acids is 2. The van der Waals surface area contributed by atoms with Gasteiger partial charge in [-0.25, -0.2) is 0 Å². The molecule has 6 heteroatoms. The SMILES string of the molecule is C=C.C=C1CC23CCC4C(C)(C(=O)O)CCCC4(C)C2CCC1(O)C3.C=C1C[C@@]23CC[C@H]4[C@@](C)(CCC[C@@]4(C)C(=O)O)[C@@H]2CC[C@]1(O)C3. The first kappa shape index (κ1) is 35.9. The molecule has 8 saturated carbocycles. The van der Waals surface area contributed by atoms with Crippen LogP contribution in [0.4, 0.5) is 0 Å². The third-order valence-electron chi connectivity index (χ3n) is 17.3. The molecule has 8 aliphatic carbocycles. The number of aliphatic carboxylic acids is 2. The third-order valence-corrected chi connectivity index (χ3v) is 17.3. The summed E-state index contributed by atoms with van der Waals surface area (Å²) in [6.07, 6.45) is 17.5. The minimum Gasteiger partial charge on any atom is -0.481 e. The summed E-state index contributed by atoms with van der Waals surface area (Å²) in [5, 5.41) is 41.6. The van der Waals surface area contributed by atoms with Crippen molar-refractivity contribution in [3.05, 3.63) is 37.5 Å². The minimum absolute atomic E-state index is 0.107. The number of aliphatic hydroxyl groups is 2. The van der Waals surface area contributed by atoms with Gasteiger partial charge in [0.05, 0.1) is 22.0 Å². The highest BCUT2D eigenvalue weighted by atomic mass is 16.4. The first-order valence-corrected chi connectivity index (χ1v) is 19.1. The molecule has 268 valence electrons. The summed E-state index contributed by atoms with van der Waals surface area (Å²) < 4.78 is 0. The van der Waals surface area contributed by atoms with Crippen LogP contribution in [0.2, 0.25) is 0 Å². The zero-order valence-electron chi connectivity index (χ0n) is 30.5. The van der Waals surface area contributed by atoms with E-state index >= 15 is 0 Å². The molecule has 0 aromatic rings. The molecular weight excluding hydrogens is 600 g/mol. The van der Waals surface area contributed by atoms with Gasteiger partial charge in [-0.3, -0.25) is 9.59 Å². The second-order valence-corrected chi connectivity index (χ2v) is 19.2. The maximum atomic E-state index is 12.0. The van der Waals surface area contributed by atoms with E-state index in [2.05, 4.69) is 40.2 Å². The number of carboxylic acid groups (broad SMARTS) is 2. The normalized spacial score (nSPS) is 53.0. The first-order chi connectivity index (χ1) is 22.3. The average Bonchev–Trinajstić information content (AvgIpc) is 3.31. The van der Waals surface area contributed by atoms with Crippen LogP contribution in [0, 0.1) is 56.2 Å². The molecule has 0 aliphatic heterocycles. The van der Waals surface area contributed by atoms with Crippen LogP contribution in [-0.2, 0) is 9.59 Å². The number of rotatable bonds is 2. The molecule has 8 fully saturated rings. The van der Waals surface area contributed by atoms with Crippen molar-refractivity contribution in [3.63, 3.8) is 0 Å². The van der Waals surface area contributed by atoms with Crippen LogP contribution in [0.15, 0.2) is 37.5 Å². The Balaban J connectivity index is 0.000000159. The lowest BCUT2D eigenvalue weighted by atomic mass is 9.41. The van der Waals surface area contributed by atoms with Gasteiger partial charge >= 0.3 is 11.9 Å². The van der Waals surface area contributed by atoms with Crippen molar-refractivity contribution in [1.82, 2.24) is 0 Å². The zero-order chi connectivity index (χ0) is 35.3. The molecule has 0 saturated heterocycles. The molecule has 8 aliphatic rings. The van der Waals surface area contributed by atoms with Crippen molar-refractivity contribution in [1.29, 1.82) is 0 Å². The molecule has 0 radical (unpaired) electrons. The molecule has 48 heavy (non-hydrogen) atoms. The second-order valence-electron chi connectivity index (χ2n) is 19.2. The van der Waals surface area contributed by atoms with Gasteiger partial charge < -0.3 is 20.4 Å². The largest absolute Gasteiger partial charge is 0.481 e. The van der Waals surface area contributed by atoms with Crippen molar-refractivity contribution in [2.24, 2.45) is 56.2 Å². The van der Waals surface area contributed by atoms with E-state index in [1.54, 1.807) is 0 Å². The van der Waals surface area contributed by atoms with Gasteiger partial charge in [0.25, 0.3) is 0 Å². The smallest absolute Gasteiger partial charge is 0.309 e. The lowest BCUT2D eigenvalue weighted by molar-refractivity contribution is -0.186. The minimum atomic E-state index is -0.634. The second kappa shape index (κ2) is 11.3. The van der Waals surface area contributed by atoms with Gasteiger partial charge in [0.1, 0.15) is 0 Å². The standard InChI is InChI=1S/2C20H30O3.C2H4/c2*1-13-11-19-9-5-14-17(2,7-4-8-18(14,3)16(21)22)15(19)6-10-20(13,23)12-19;1-2/h2*14-15,23H,1,4-12H2,2-3H3,(H,21,22);1-2H2/t14-,15-,17+,18+,19+,20-;;/m0../s1. The van der Waals surface area contributed by atoms with Gasteiger partial charge in [-0.15, -0.1) is 13.2 Å². The van der Waals surface area contributed by atoms with Crippen LogP contribution in [0.3, 0.4) is 0 Å². The highest BCUT2D eigenvalue weighted by Gasteiger charge is 2.69. The molecule has 8 rings (SSSR count). The highest BCUT2D eigenvalue weighted by Crippen LogP contribution is 2.74. The van der Waals surface area contributed by atoms with Crippen LogP contribution in [0.1, 0.15) is 143 Å². The Morgan fingerprint density at radius 1 is 0.562 bits per heavy atom. The van der Waals surface area contributed by atoms with Crippen molar-refractivity contribution >= 4 is 11.9 Å². The molecule has 12 atom stereocenters. The molecule has 6 unspecified atom stereocenters. The van der Waals surface area contributed by atoms with Crippen molar-refractivity contribution in [3.8, 4) is 0 Å². The molecule has 6 nitrogen and oxygen atoms in total. The molecule has 0 heterocycles. The summed E-state index contributed by atoms with van der Waals surface area (Å²) in [6, 6.07) is 0. The van der Waals surface area contributed by atoms with Crippen molar-refractivity contribution < 1.29 is 30.0 Å². The monoisotopic (exact) mass is 664 g/mol. The van der Waals surface area contributed by atoms with E-state index in [9.17, 15) is 30.0 Å². The van der Waals surface area contributed by atoms with Crippen molar-refractivity contribution in [2.75, 3.05) is 0 Å². The van der Waals surface area contributed by atoms with Crippen LogP contribution in [0.25, 0.3) is 0 Å². The van der Waals surface area contributed by atoms with E-state index in [0.717, 1.165) is 127 Å². The van der Waals surface area contributed by atoms with Gasteiger partial charge in [0.15, 0.2) is 0 Å². The van der Waals surface area contributed by atoms with Gasteiger partial charge in [0.2, 0.25) is 0 Å². The van der Waals surface area contributed by atoms with Gasteiger partial charge in [0, 0.05) is 0 Å². The lowest BCUT2D eigenvalue weighted by Crippen LogP contribution is -2.59. The van der Waals surface area contributed by atoms with Gasteiger partial charge in [-0.1, -0.05) is 39.8 Å². The Morgan fingerprint density at radius 3 is 1.23 bits per heavy atom. The Hall–Kier alpha value is -1.92. The quantitative estimate of drug-likeness (QED) is 0.219. The fraction of sp³-hybridized carbons (Fsp3) is 0.810. The molecule has 0 aromatic carbocycles. The third kappa shape index (κ3) is 4.69. The zero-order valence-corrected chi connectivity index (χ0v) is 30.5. The number of carbonyl (C=O) groups is 2.